The van der Waals surface area contributed by atoms with E-state index in [2.05, 4.69) is 4.98 Å². The van der Waals surface area contributed by atoms with Crippen LogP contribution in [0.4, 0.5) is 0 Å². The van der Waals surface area contributed by atoms with Gasteiger partial charge < -0.3 is 19.2 Å². The van der Waals surface area contributed by atoms with E-state index >= 15 is 0 Å². The SMILES string of the molecule is Cc1nc(CCC(=O)N(CCC(=O)O)CC2CCCO2)oc1-c1ccccc1. The average Bonchev–Trinajstić information content (AvgIpc) is 3.33. The predicted octanol–water partition coefficient (Wildman–Crippen LogP) is 3.06. The number of carboxylic acids is 1. The van der Waals surface area contributed by atoms with E-state index in [0.29, 0.717) is 31.2 Å². The van der Waals surface area contributed by atoms with Gasteiger partial charge in [0, 0.05) is 38.1 Å². The molecule has 1 aromatic carbocycles. The quantitative estimate of drug-likeness (QED) is 0.712. The molecule has 1 saturated heterocycles. The molecule has 1 amide bonds. The zero-order chi connectivity index (χ0) is 19.9. The number of carbonyl (C=O) groups is 2. The highest BCUT2D eigenvalue weighted by Crippen LogP contribution is 2.24. The van der Waals surface area contributed by atoms with Crippen LogP contribution in [0.3, 0.4) is 0 Å². The molecule has 2 heterocycles. The molecule has 1 N–H and O–H groups in total. The van der Waals surface area contributed by atoms with Crippen LogP contribution in [0.2, 0.25) is 0 Å². The van der Waals surface area contributed by atoms with Crippen LogP contribution in [0.5, 0.6) is 0 Å². The first-order valence-corrected chi connectivity index (χ1v) is 9.66. The summed E-state index contributed by atoms with van der Waals surface area (Å²) in [5.41, 5.74) is 1.74. The molecule has 0 bridgehead atoms. The number of carbonyl (C=O) groups excluding carboxylic acids is 1. The summed E-state index contributed by atoms with van der Waals surface area (Å²) in [5, 5.41) is 8.96. The number of ether oxygens (including phenoxy) is 1. The zero-order valence-electron chi connectivity index (χ0n) is 16.1. The number of aromatic nitrogens is 1. The number of rotatable bonds is 9. The van der Waals surface area contributed by atoms with Crippen molar-refractivity contribution in [2.45, 2.75) is 45.1 Å². The highest BCUT2D eigenvalue weighted by Gasteiger charge is 2.23. The minimum Gasteiger partial charge on any atom is -0.481 e. The Kier molecular flexibility index (Phi) is 6.81. The second-order valence-corrected chi connectivity index (χ2v) is 7.01. The molecule has 0 spiro atoms. The lowest BCUT2D eigenvalue weighted by Gasteiger charge is -2.24. The molecule has 0 saturated carbocycles. The summed E-state index contributed by atoms with van der Waals surface area (Å²) in [6.45, 7) is 3.21. The maximum Gasteiger partial charge on any atom is 0.305 e. The smallest absolute Gasteiger partial charge is 0.305 e. The van der Waals surface area contributed by atoms with Crippen molar-refractivity contribution in [3.63, 3.8) is 0 Å². The van der Waals surface area contributed by atoms with Crippen LogP contribution in [-0.4, -0.2) is 52.7 Å². The molecular weight excluding hydrogens is 360 g/mol. The third-order valence-corrected chi connectivity index (χ3v) is 4.83. The Morgan fingerprint density at radius 2 is 2.04 bits per heavy atom. The van der Waals surface area contributed by atoms with Gasteiger partial charge in [0.1, 0.15) is 0 Å². The van der Waals surface area contributed by atoms with E-state index in [1.54, 1.807) is 4.90 Å². The van der Waals surface area contributed by atoms with Gasteiger partial charge in [0.2, 0.25) is 5.91 Å². The number of aryl methyl sites for hydroxylation is 2. The lowest BCUT2D eigenvalue weighted by molar-refractivity contribution is -0.139. The van der Waals surface area contributed by atoms with Crippen LogP contribution in [-0.2, 0) is 20.7 Å². The average molecular weight is 386 g/mol. The summed E-state index contributed by atoms with van der Waals surface area (Å²) in [7, 11) is 0. The van der Waals surface area contributed by atoms with E-state index < -0.39 is 5.97 Å². The van der Waals surface area contributed by atoms with Gasteiger partial charge in [-0.05, 0) is 19.8 Å². The van der Waals surface area contributed by atoms with E-state index in [1.165, 1.54) is 0 Å². The summed E-state index contributed by atoms with van der Waals surface area (Å²) in [6, 6.07) is 9.72. The van der Waals surface area contributed by atoms with Gasteiger partial charge in [0.15, 0.2) is 11.7 Å². The Balaban J connectivity index is 1.60. The Bertz CT molecular complexity index is 796. The fourth-order valence-electron chi connectivity index (χ4n) is 3.37. The number of carboxylic acid groups (broad SMARTS) is 1. The van der Waals surface area contributed by atoms with Gasteiger partial charge >= 0.3 is 5.97 Å². The lowest BCUT2D eigenvalue weighted by atomic mass is 10.1. The number of hydrogen-bond donors (Lipinski definition) is 1. The lowest BCUT2D eigenvalue weighted by Crippen LogP contribution is -2.38. The van der Waals surface area contributed by atoms with Crippen LogP contribution in [0.15, 0.2) is 34.7 Å². The molecule has 0 radical (unpaired) electrons. The second kappa shape index (κ2) is 9.50. The van der Waals surface area contributed by atoms with Gasteiger partial charge in [0.05, 0.1) is 18.2 Å². The fourth-order valence-corrected chi connectivity index (χ4v) is 3.37. The molecule has 3 rings (SSSR count). The summed E-state index contributed by atoms with van der Waals surface area (Å²) < 4.78 is 11.5. The number of benzene rings is 1. The molecule has 2 aromatic rings. The molecule has 1 aliphatic heterocycles. The fraction of sp³-hybridized carbons (Fsp3) is 0.476. The molecule has 1 aromatic heterocycles. The summed E-state index contributed by atoms with van der Waals surface area (Å²) >= 11 is 0. The van der Waals surface area contributed by atoms with Gasteiger partial charge in [-0.15, -0.1) is 0 Å². The van der Waals surface area contributed by atoms with Crippen molar-refractivity contribution < 1.29 is 23.8 Å². The first kappa shape index (κ1) is 20.1. The van der Waals surface area contributed by atoms with Crippen molar-refractivity contribution in [1.82, 2.24) is 9.88 Å². The van der Waals surface area contributed by atoms with Crippen molar-refractivity contribution in [3.8, 4) is 11.3 Å². The van der Waals surface area contributed by atoms with E-state index in [4.69, 9.17) is 14.3 Å². The van der Waals surface area contributed by atoms with E-state index in [-0.39, 0.29) is 31.4 Å². The summed E-state index contributed by atoms with van der Waals surface area (Å²) in [6.07, 6.45) is 2.39. The zero-order valence-corrected chi connectivity index (χ0v) is 16.1. The number of aliphatic carboxylic acids is 1. The summed E-state index contributed by atoms with van der Waals surface area (Å²) in [4.78, 5) is 29.6. The van der Waals surface area contributed by atoms with Crippen molar-refractivity contribution in [2.24, 2.45) is 0 Å². The standard InChI is InChI=1S/C21H26N2O5/c1-15-21(16-6-3-2-4-7-16)28-18(22-15)9-10-19(24)23(12-11-20(25)26)14-17-8-5-13-27-17/h2-4,6-7,17H,5,8-14H2,1H3,(H,25,26). The topological polar surface area (TPSA) is 92.9 Å². The Morgan fingerprint density at radius 1 is 1.25 bits per heavy atom. The summed E-state index contributed by atoms with van der Waals surface area (Å²) in [5.74, 6) is 0.208. The molecule has 7 heteroatoms. The minimum absolute atomic E-state index is 0.00795. The maximum atomic E-state index is 12.7. The normalized spacial score (nSPS) is 16.2. The molecule has 1 fully saturated rings. The molecule has 1 aliphatic rings. The van der Waals surface area contributed by atoms with Crippen molar-refractivity contribution in [2.75, 3.05) is 19.7 Å². The molecule has 1 atom stereocenters. The van der Waals surface area contributed by atoms with Crippen LogP contribution in [0.25, 0.3) is 11.3 Å². The third-order valence-electron chi connectivity index (χ3n) is 4.83. The molecule has 1 unspecified atom stereocenters. The van der Waals surface area contributed by atoms with E-state index in [9.17, 15) is 9.59 Å². The van der Waals surface area contributed by atoms with Gasteiger partial charge in [-0.2, -0.15) is 0 Å². The number of amides is 1. The first-order chi connectivity index (χ1) is 13.5. The monoisotopic (exact) mass is 386 g/mol. The first-order valence-electron chi connectivity index (χ1n) is 9.66. The number of oxazole rings is 1. The largest absolute Gasteiger partial charge is 0.481 e. The van der Waals surface area contributed by atoms with E-state index in [0.717, 1.165) is 24.1 Å². The molecule has 150 valence electrons. The van der Waals surface area contributed by atoms with Crippen LogP contribution >= 0.6 is 0 Å². The van der Waals surface area contributed by atoms with Crippen molar-refractivity contribution >= 4 is 11.9 Å². The van der Waals surface area contributed by atoms with Crippen LogP contribution in [0, 0.1) is 6.92 Å². The van der Waals surface area contributed by atoms with Gasteiger partial charge in [-0.25, -0.2) is 4.98 Å². The van der Waals surface area contributed by atoms with Gasteiger partial charge in [-0.1, -0.05) is 30.3 Å². The van der Waals surface area contributed by atoms with Gasteiger partial charge in [0.25, 0.3) is 0 Å². The number of hydrogen-bond acceptors (Lipinski definition) is 5. The van der Waals surface area contributed by atoms with Crippen LogP contribution < -0.4 is 0 Å². The second-order valence-electron chi connectivity index (χ2n) is 7.01. The maximum absolute atomic E-state index is 12.7. The molecule has 28 heavy (non-hydrogen) atoms. The molecule has 0 aliphatic carbocycles. The van der Waals surface area contributed by atoms with Crippen LogP contribution in [0.1, 0.15) is 37.3 Å². The van der Waals surface area contributed by atoms with Crippen molar-refractivity contribution in [1.29, 1.82) is 0 Å². The van der Waals surface area contributed by atoms with E-state index in [1.807, 2.05) is 37.3 Å². The Morgan fingerprint density at radius 3 is 2.71 bits per heavy atom. The van der Waals surface area contributed by atoms with Crippen molar-refractivity contribution in [3.05, 3.63) is 41.9 Å². The highest BCUT2D eigenvalue weighted by atomic mass is 16.5. The molecule has 7 nitrogen and oxygen atoms in total. The highest BCUT2D eigenvalue weighted by molar-refractivity contribution is 5.77. The predicted molar refractivity (Wildman–Crippen MR) is 103 cm³/mol. The third kappa shape index (κ3) is 5.42. The Hall–Kier alpha value is -2.67. The Labute approximate surface area is 164 Å². The minimum atomic E-state index is -0.916. The number of nitrogens with zero attached hydrogens (tertiary/aromatic N) is 2. The van der Waals surface area contributed by atoms with Gasteiger partial charge in [-0.3, -0.25) is 9.59 Å². The molecular formula is C21H26N2O5.